The average molecular weight is 171 g/mol. The van der Waals surface area contributed by atoms with E-state index < -0.39 is 0 Å². The lowest BCUT2D eigenvalue weighted by Gasteiger charge is -2.04. The molecule has 0 amide bonds. The molecule has 11 heavy (non-hydrogen) atoms. The van der Waals surface area contributed by atoms with E-state index in [4.69, 9.17) is 5.73 Å². The van der Waals surface area contributed by atoms with E-state index >= 15 is 0 Å². The van der Waals surface area contributed by atoms with Gasteiger partial charge in [-0.2, -0.15) is 0 Å². The number of hydrogen-bond acceptors (Lipinski definition) is 2. The standard InChI is InChI=1S/C8H10FNS/c1-2-3-7(10)8-6(9)4-5-11-8/h2,4-5,7H,1,3,10H2. The molecule has 0 fully saturated rings. The van der Waals surface area contributed by atoms with Gasteiger partial charge in [-0.15, -0.1) is 17.9 Å². The van der Waals surface area contributed by atoms with Gasteiger partial charge in [0.15, 0.2) is 0 Å². The number of thiophene rings is 1. The second-order valence-corrected chi connectivity index (χ2v) is 3.21. The van der Waals surface area contributed by atoms with Crippen molar-refractivity contribution in [3.63, 3.8) is 0 Å². The van der Waals surface area contributed by atoms with Crippen LogP contribution in [0.3, 0.4) is 0 Å². The van der Waals surface area contributed by atoms with Gasteiger partial charge in [0.1, 0.15) is 5.82 Å². The zero-order chi connectivity index (χ0) is 8.27. The quantitative estimate of drug-likeness (QED) is 0.694. The highest BCUT2D eigenvalue weighted by Gasteiger charge is 2.10. The normalized spacial score (nSPS) is 12.9. The van der Waals surface area contributed by atoms with E-state index in [1.807, 2.05) is 0 Å². The Morgan fingerprint density at radius 3 is 3.00 bits per heavy atom. The molecule has 3 heteroatoms. The third-order valence-corrected chi connectivity index (χ3v) is 2.43. The minimum Gasteiger partial charge on any atom is -0.323 e. The summed E-state index contributed by atoms with van der Waals surface area (Å²) in [5.74, 6) is -0.204. The van der Waals surface area contributed by atoms with Gasteiger partial charge < -0.3 is 5.73 Å². The lowest BCUT2D eigenvalue weighted by atomic mass is 10.2. The molecule has 1 unspecified atom stereocenters. The summed E-state index contributed by atoms with van der Waals surface area (Å²) in [7, 11) is 0. The highest BCUT2D eigenvalue weighted by molar-refractivity contribution is 7.10. The first kappa shape index (κ1) is 8.43. The van der Waals surface area contributed by atoms with Crippen LogP contribution in [0.25, 0.3) is 0 Å². The topological polar surface area (TPSA) is 26.0 Å². The molecular weight excluding hydrogens is 161 g/mol. The summed E-state index contributed by atoms with van der Waals surface area (Å²) < 4.78 is 12.8. The predicted octanol–water partition coefficient (Wildman–Crippen LogP) is 2.46. The zero-order valence-corrected chi connectivity index (χ0v) is 6.90. The Kier molecular flexibility index (Phi) is 2.79. The highest BCUT2D eigenvalue weighted by atomic mass is 32.1. The third-order valence-electron chi connectivity index (χ3n) is 1.40. The van der Waals surface area contributed by atoms with E-state index in [0.717, 1.165) is 0 Å². The van der Waals surface area contributed by atoms with E-state index in [9.17, 15) is 4.39 Å². The van der Waals surface area contributed by atoms with Crippen LogP contribution in [0, 0.1) is 5.82 Å². The highest BCUT2D eigenvalue weighted by Crippen LogP contribution is 2.23. The van der Waals surface area contributed by atoms with E-state index in [-0.39, 0.29) is 11.9 Å². The zero-order valence-electron chi connectivity index (χ0n) is 6.09. The molecule has 0 aliphatic carbocycles. The van der Waals surface area contributed by atoms with E-state index in [0.29, 0.717) is 11.3 Å². The smallest absolute Gasteiger partial charge is 0.138 e. The fourth-order valence-corrected chi connectivity index (χ4v) is 1.64. The maximum absolute atomic E-state index is 12.8. The first-order chi connectivity index (χ1) is 5.25. The molecule has 1 aromatic heterocycles. The Labute approximate surface area is 69.3 Å². The largest absolute Gasteiger partial charge is 0.323 e. The first-order valence-corrected chi connectivity index (χ1v) is 4.23. The van der Waals surface area contributed by atoms with Crippen molar-refractivity contribution in [2.75, 3.05) is 0 Å². The number of nitrogens with two attached hydrogens (primary N) is 1. The van der Waals surface area contributed by atoms with Crippen LogP contribution in [0.4, 0.5) is 4.39 Å². The Morgan fingerprint density at radius 1 is 1.82 bits per heavy atom. The second kappa shape index (κ2) is 3.64. The van der Waals surface area contributed by atoms with Gasteiger partial charge in [-0.3, -0.25) is 0 Å². The van der Waals surface area contributed by atoms with Crippen LogP contribution in [-0.4, -0.2) is 0 Å². The molecule has 0 bridgehead atoms. The summed E-state index contributed by atoms with van der Waals surface area (Å²) >= 11 is 1.35. The minimum absolute atomic E-state index is 0.204. The van der Waals surface area contributed by atoms with Gasteiger partial charge in [0.05, 0.1) is 4.88 Å². The van der Waals surface area contributed by atoms with Crippen molar-refractivity contribution in [3.05, 3.63) is 34.8 Å². The van der Waals surface area contributed by atoms with Gasteiger partial charge in [-0.05, 0) is 17.9 Å². The molecule has 60 valence electrons. The van der Waals surface area contributed by atoms with Crippen LogP contribution in [0.2, 0.25) is 0 Å². The Morgan fingerprint density at radius 2 is 2.55 bits per heavy atom. The Hall–Kier alpha value is -0.670. The van der Waals surface area contributed by atoms with E-state index in [1.54, 1.807) is 11.5 Å². The summed E-state index contributed by atoms with van der Waals surface area (Å²) in [4.78, 5) is 0.616. The summed E-state index contributed by atoms with van der Waals surface area (Å²) in [6, 6.07) is 1.20. The molecule has 1 nitrogen and oxygen atoms in total. The Bertz CT molecular complexity index is 244. The van der Waals surface area contributed by atoms with Crippen molar-refractivity contribution >= 4 is 11.3 Å². The summed E-state index contributed by atoms with van der Waals surface area (Å²) in [5, 5.41) is 1.70. The molecule has 1 rings (SSSR count). The third kappa shape index (κ3) is 1.88. The van der Waals surface area contributed by atoms with Crippen LogP contribution >= 0.6 is 11.3 Å². The van der Waals surface area contributed by atoms with Crippen LogP contribution < -0.4 is 5.73 Å². The van der Waals surface area contributed by atoms with Crippen molar-refractivity contribution in [1.29, 1.82) is 0 Å². The molecule has 1 aromatic rings. The molecule has 0 aliphatic heterocycles. The first-order valence-electron chi connectivity index (χ1n) is 3.35. The number of hydrogen-bond donors (Lipinski definition) is 1. The molecule has 0 spiro atoms. The predicted molar refractivity (Wildman–Crippen MR) is 46.0 cm³/mol. The SMILES string of the molecule is C=CCC(N)c1sccc1F. The van der Waals surface area contributed by atoms with Crippen LogP contribution in [-0.2, 0) is 0 Å². The van der Waals surface area contributed by atoms with Crippen LogP contribution in [0.15, 0.2) is 24.1 Å². The van der Waals surface area contributed by atoms with Crippen LogP contribution in [0.1, 0.15) is 17.3 Å². The van der Waals surface area contributed by atoms with Crippen LogP contribution in [0.5, 0.6) is 0 Å². The molecule has 0 aliphatic rings. The molecule has 0 saturated carbocycles. The van der Waals surface area contributed by atoms with Gasteiger partial charge in [0, 0.05) is 6.04 Å². The van der Waals surface area contributed by atoms with Crippen molar-refractivity contribution in [3.8, 4) is 0 Å². The maximum Gasteiger partial charge on any atom is 0.138 e. The average Bonchev–Trinajstić information content (AvgIpc) is 2.36. The molecule has 0 radical (unpaired) electrons. The second-order valence-electron chi connectivity index (χ2n) is 2.26. The molecule has 1 atom stereocenters. The summed E-state index contributed by atoms with van der Waals surface area (Å²) in [5.41, 5.74) is 5.65. The van der Waals surface area contributed by atoms with E-state index in [1.165, 1.54) is 17.4 Å². The minimum atomic E-state index is -0.229. The summed E-state index contributed by atoms with van der Waals surface area (Å²) in [6.07, 6.45) is 2.32. The van der Waals surface area contributed by atoms with Crippen molar-refractivity contribution < 1.29 is 4.39 Å². The monoisotopic (exact) mass is 171 g/mol. The molecule has 1 heterocycles. The summed E-state index contributed by atoms with van der Waals surface area (Å²) in [6.45, 7) is 3.54. The van der Waals surface area contributed by atoms with Crippen molar-refractivity contribution in [1.82, 2.24) is 0 Å². The van der Waals surface area contributed by atoms with Crippen molar-refractivity contribution in [2.45, 2.75) is 12.5 Å². The lowest BCUT2D eigenvalue weighted by molar-refractivity contribution is 0.595. The lowest BCUT2D eigenvalue weighted by Crippen LogP contribution is -2.08. The van der Waals surface area contributed by atoms with Gasteiger partial charge in [0.25, 0.3) is 0 Å². The molecule has 2 N–H and O–H groups in total. The molecular formula is C8H10FNS. The maximum atomic E-state index is 12.8. The van der Waals surface area contributed by atoms with Gasteiger partial charge in [-0.25, -0.2) is 4.39 Å². The fraction of sp³-hybridized carbons (Fsp3) is 0.250. The van der Waals surface area contributed by atoms with E-state index in [2.05, 4.69) is 6.58 Å². The molecule has 0 aromatic carbocycles. The van der Waals surface area contributed by atoms with Gasteiger partial charge in [0.2, 0.25) is 0 Å². The van der Waals surface area contributed by atoms with Gasteiger partial charge >= 0.3 is 0 Å². The Balaban J connectivity index is 2.74. The fourth-order valence-electron chi connectivity index (χ4n) is 0.857. The van der Waals surface area contributed by atoms with Gasteiger partial charge in [-0.1, -0.05) is 6.08 Å². The number of halogens is 1. The van der Waals surface area contributed by atoms with Crippen molar-refractivity contribution in [2.24, 2.45) is 5.73 Å². The molecule has 0 saturated heterocycles. The number of rotatable bonds is 3.